The molecule has 0 N–H and O–H groups in total. The molecule has 0 saturated carbocycles. The Kier molecular flexibility index (Phi) is 2.82. The SMILES string of the molecule is Cn1ccnc1-c1cc(-c2cccc3ccccc23)nn1C. The number of hydrogen-bond acceptors (Lipinski definition) is 2. The van der Waals surface area contributed by atoms with Crippen LogP contribution in [0, 0.1) is 0 Å². The third kappa shape index (κ3) is 1.92. The number of imidazole rings is 1. The zero-order valence-electron chi connectivity index (χ0n) is 12.6. The topological polar surface area (TPSA) is 35.6 Å². The first-order valence-corrected chi connectivity index (χ1v) is 7.24. The van der Waals surface area contributed by atoms with Crippen molar-refractivity contribution < 1.29 is 0 Å². The second-order valence-corrected chi connectivity index (χ2v) is 5.43. The summed E-state index contributed by atoms with van der Waals surface area (Å²) in [5.74, 6) is 0.918. The summed E-state index contributed by atoms with van der Waals surface area (Å²) in [6.45, 7) is 0. The predicted molar refractivity (Wildman–Crippen MR) is 88.4 cm³/mol. The molecule has 108 valence electrons. The predicted octanol–water partition coefficient (Wildman–Crippen LogP) is 3.64. The Labute approximate surface area is 128 Å². The van der Waals surface area contributed by atoms with Gasteiger partial charge in [-0.1, -0.05) is 42.5 Å². The zero-order valence-corrected chi connectivity index (χ0v) is 12.6. The van der Waals surface area contributed by atoms with Crippen LogP contribution in [0.25, 0.3) is 33.5 Å². The molecule has 0 spiro atoms. The van der Waals surface area contributed by atoms with Crippen LogP contribution in [0.1, 0.15) is 0 Å². The highest BCUT2D eigenvalue weighted by Gasteiger charge is 2.13. The van der Waals surface area contributed by atoms with Crippen LogP contribution in [-0.2, 0) is 14.1 Å². The maximum Gasteiger partial charge on any atom is 0.158 e. The summed E-state index contributed by atoms with van der Waals surface area (Å²) in [5.41, 5.74) is 3.13. The van der Waals surface area contributed by atoms with Gasteiger partial charge in [-0.25, -0.2) is 4.98 Å². The quantitative estimate of drug-likeness (QED) is 0.564. The molecule has 2 aromatic carbocycles. The van der Waals surface area contributed by atoms with Crippen molar-refractivity contribution >= 4 is 10.8 Å². The lowest BCUT2D eigenvalue weighted by atomic mass is 10.0. The number of aromatic nitrogens is 4. The third-order valence-electron chi connectivity index (χ3n) is 4.00. The molecule has 4 rings (SSSR count). The molecule has 0 saturated heterocycles. The second-order valence-electron chi connectivity index (χ2n) is 5.43. The van der Waals surface area contributed by atoms with Crippen LogP contribution in [0.3, 0.4) is 0 Å². The van der Waals surface area contributed by atoms with Gasteiger partial charge in [-0.3, -0.25) is 4.68 Å². The van der Waals surface area contributed by atoms with E-state index in [2.05, 4.69) is 53.5 Å². The summed E-state index contributed by atoms with van der Waals surface area (Å²) < 4.78 is 3.89. The summed E-state index contributed by atoms with van der Waals surface area (Å²) in [5, 5.41) is 7.13. The Hall–Kier alpha value is -2.88. The minimum atomic E-state index is 0.918. The van der Waals surface area contributed by atoms with Gasteiger partial charge in [0.15, 0.2) is 5.82 Å². The fraction of sp³-hybridized carbons (Fsp3) is 0.111. The number of nitrogens with zero attached hydrogens (tertiary/aromatic N) is 4. The fourth-order valence-electron chi connectivity index (χ4n) is 2.87. The van der Waals surface area contributed by atoms with E-state index in [0.29, 0.717) is 0 Å². The minimum absolute atomic E-state index is 0.918. The highest BCUT2D eigenvalue weighted by atomic mass is 15.3. The molecule has 2 heterocycles. The number of hydrogen-bond donors (Lipinski definition) is 0. The van der Waals surface area contributed by atoms with Crippen LogP contribution in [-0.4, -0.2) is 19.3 Å². The van der Waals surface area contributed by atoms with Gasteiger partial charge in [-0.15, -0.1) is 0 Å². The van der Waals surface area contributed by atoms with E-state index in [1.807, 2.05) is 29.5 Å². The average molecular weight is 288 g/mol. The molecule has 0 aliphatic heterocycles. The largest absolute Gasteiger partial charge is 0.333 e. The number of rotatable bonds is 2. The van der Waals surface area contributed by atoms with Crippen LogP contribution < -0.4 is 0 Å². The highest BCUT2D eigenvalue weighted by Crippen LogP contribution is 2.30. The summed E-state index contributed by atoms with van der Waals surface area (Å²) in [4.78, 5) is 4.42. The lowest BCUT2D eigenvalue weighted by molar-refractivity contribution is 0.765. The van der Waals surface area contributed by atoms with E-state index < -0.39 is 0 Å². The standard InChI is InChI=1S/C18H16N4/c1-21-11-10-19-18(21)17-12-16(20-22(17)2)15-9-5-7-13-6-3-4-8-14(13)15/h3-12H,1-2H3. The monoisotopic (exact) mass is 288 g/mol. The summed E-state index contributed by atoms with van der Waals surface area (Å²) in [6.07, 6.45) is 3.75. The van der Waals surface area contributed by atoms with Crippen molar-refractivity contribution in [2.75, 3.05) is 0 Å². The van der Waals surface area contributed by atoms with E-state index in [1.165, 1.54) is 10.8 Å². The van der Waals surface area contributed by atoms with Crippen molar-refractivity contribution in [2.45, 2.75) is 0 Å². The third-order valence-corrected chi connectivity index (χ3v) is 4.00. The van der Waals surface area contributed by atoms with E-state index in [9.17, 15) is 0 Å². The molecule has 0 aliphatic carbocycles. The molecular weight excluding hydrogens is 272 g/mol. The summed E-state index contributed by atoms with van der Waals surface area (Å²) >= 11 is 0. The van der Waals surface area contributed by atoms with Gasteiger partial charge in [0.25, 0.3) is 0 Å². The van der Waals surface area contributed by atoms with E-state index in [4.69, 9.17) is 5.10 Å². The van der Waals surface area contributed by atoms with Gasteiger partial charge in [-0.05, 0) is 16.8 Å². The van der Waals surface area contributed by atoms with Crippen molar-refractivity contribution in [1.82, 2.24) is 19.3 Å². The van der Waals surface area contributed by atoms with Gasteiger partial charge in [-0.2, -0.15) is 5.10 Å². The van der Waals surface area contributed by atoms with Gasteiger partial charge in [0, 0.05) is 32.1 Å². The summed E-state index contributed by atoms with van der Waals surface area (Å²) in [6, 6.07) is 16.8. The maximum atomic E-state index is 4.69. The molecule has 0 fully saturated rings. The first-order chi connectivity index (χ1) is 10.7. The average Bonchev–Trinajstić information content (AvgIpc) is 3.12. The lowest BCUT2D eigenvalue weighted by Gasteiger charge is -2.03. The Balaban J connectivity index is 1.92. The van der Waals surface area contributed by atoms with Crippen molar-refractivity contribution in [1.29, 1.82) is 0 Å². The molecule has 22 heavy (non-hydrogen) atoms. The van der Waals surface area contributed by atoms with Crippen LogP contribution in [0.2, 0.25) is 0 Å². The van der Waals surface area contributed by atoms with Gasteiger partial charge < -0.3 is 4.57 Å². The Morgan fingerprint density at radius 3 is 2.59 bits per heavy atom. The Bertz CT molecular complexity index is 957. The molecule has 0 atom stereocenters. The Morgan fingerprint density at radius 1 is 0.955 bits per heavy atom. The highest BCUT2D eigenvalue weighted by molar-refractivity contribution is 5.96. The number of aryl methyl sites for hydroxylation is 2. The zero-order chi connectivity index (χ0) is 15.1. The van der Waals surface area contributed by atoms with Crippen LogP contribution >= 0.6 is 0 Å². The lowest BCUT2D eigenvalue weighted by Crippen LogP contribution is -1.98. The molecule has 4 nitrogen and oxygen atoms in total. The molecule has 4 heteroatoms. The van der Waals surface area contributed by atoms with E-state index in [0.717, 1.165) is 22.8 Å². The van der Waals surface area contributed by atoms with Crippen LogP contribution in [0.15, 0.2) is 60.9 Å². The van der Waals surface area contributed by atoms with Crippen LogP contribution in [0.5, 0.6) is 0 Å². The second kappa shape index (κ2) is 4.84. The Morgan fingerprint density at radius 2 is 1.77 bits per heavy atom. The van der Waals surface area contributed by atoms with Crippen molar-refractivity contribution in [3.63, 3.8) is 0 Å². The van der Waals surface area contributed by atoms with Gasteiger partial charge >= 0.3 is 0 Å². The minimum Gasteiger partial charge on any atom is -0.333 e. The molecule has 2 aromatic heterocycles. The van der Waals surface area contributed by atoms with Crippen molar-refractivity contribution in [3.8, 4) is 22.8 Å². The molecular formula is C18H16N4. The van der Waals surface area contributed by atoms with Crippen LogP contribution in [0.4, 0.5) is 0 Å². The van der Waals surface area contributed by atoms with Gasteiger partial charge in [0.1, 0.15) is 5.69 Å². The van der Waals surface area contributed by atoms with Crippen molar-refractivity contribution in [3.05, 3.63) is 60.9 Å². The van der Waals surface area contributed by atoms with E-state index in [1.54, 1.807) is 6.20 Å². The number of benzene rings is 2. The first-order valence-electron chi connectivity index (χ1n) is 7.24. The van der Waals surface area contributed by atoms with E-state index in [-0.39, 0.29) is 0 Å². The molecule has 0 aliphatic rings. The molecule has 4 aromatic rings. The molecule has 0 amide bonds. The molecule has 0 radical (unpaired) electrons. The maximum absolute atomic E-state index is 4.69. The number of fused-ring (bicyclic) bond motifs is 1. The van der Waals surface area contributed by atoms with E-state index >= 15 is 0 Å². The first kappa shape index (κ1) is 12.8. The smallest absolute Gasteiger partial charge is 0.158 e. The van der Waals surface area contributed by atoms with Crippen molar-refractivity contribution in [2.24, 2.45) is 14.1 Å². The summed E-state index contributed by atoms with van der Waals surface area (Å²) in [7, 11) is 3.95. The van der Waals surface area contributed by atoms with Gasteiger partial charge in [0.05, 0.1) is 5.69 Å². The molecule has 0 unspecified atom stereocenters. The molecule has 0 bridgehead atoms. The van der Waals surface area contributed by atoms with Gasteiger partial charge in [0.2, 0.25) is 0 Å². The normalized spacial score (nSPS) is 11.2. The fourth-order valence-corrected chi connectivity index (χ4v) is 2.87.